The lowest BCUT2D eigenvalue weighted by Gasteiger charge is -2.21. The highest BCUT2D eigenvalue weighted by atomic mass is 31.2. The van der Waals surface area contributed by atoms with E-state index in [0.29, 0.717) is 19.3 Å². The molecule has 0 rings (SSSR count). The second kappa shape index (κ2) is 52.4. The number of rotatable bonds is 46. The molecule has 0 aromatic rings. The smallest absolute Gasteiger partial charge is 0.461 e. The summed E-state index contributed by atoms with van der Waals surface area (Å²) in [5, 5.41) is 9.79. The van der Waals surface area contributed by atoms with Crippen molar-refractivity contribution in [2.24, 2.45) is 0 Å². The number of allylic oxidation sites excluding steroid dienone is 24. The van der Waals surface area contributed by atoms with Gasteiger partial charge in [0.1, 0.15) is 12.7 Å². The molecule has 402 valence electrons. The van der Waals surface area contributed by atoms with Crippen molar-refractivity contribution >= 4 is 25.7 Å². The van der Waals surface area contributed by atoms with Crippen LogP contribution in [0.5, 0.6) is 0 Å². The van der Waals surface area contributed by atoms with Gasteiger partial charge in [-0.25, -0.2) is 4.57 Å². The van der Waals surface area contributed by atoms with E-state index >= 15 is 0 Å². The van der Waals surface area contributed by atoms with Crippen molar-refractivity contribution in [2.45, 2.75) is 174 Å². The van der Waals surface area contributed by atoms with Gasteiger partial charge in [0.25, 0.3) is 0 Å². The standard InChI is InChI=1S/C60H91O11P/c1-4-7-10-13-16-19-22-25-28-31-34-37-40-43-46-49-58(62)67-53-57(71-60(64)51-48-45-42-39-36-33-30-27-24-21-18-15-12-9-6-3)55-69-72(65,66)68-54-56(52-61)70-59(63)50-47-44-41-38-35-32-29-26-23-20-17-14-11-8-5-2/h7-12,16-21,25-30,34,36-37,39,43,45-46,48,56-57,61H,4-6,13-15,22-24,31-33,35,38,40-42,44,47,49-55H2,1-3H3,(H,65,66)/b10-7-,11-8-,12-9-,19-16-,20-17-,21-18-,28-25-,29-26-,30-27-,37-34-,39-36-,46-43-,48-45-. The molecule has 0 radical (unpaired) electrons. The second-order valence-corrected chi connectivity index (χ2v) is 18.0. The van der Waals surface area contributed by atoms with Crippen LogP contribution < -0.4 is 0 Å². The zero-order valence-electron chi connectivity index (χ0n) is 44.1. The zero-order chi connectivity index (χ0) is 52.7. The van der Waals surface area contributed by atoms with Crippen LogP contribution in [0.4, 0.5) is 0 Å². The average molecular weight is 1020 g/mol. The minimum Gasteiger partial charge on any atom is -0.461 e. The molecule has 0 aliphatic heterocycles. The summed E-state index contributed by atoms with van der Waals surface area (Å²) in [5.41, 5.74) is 0. The maximum atomic E-state index is 12.9. The molecule has 0 aliphatic carbocycles. The largest absolute Gasteiger partial charge is 0.472 e. The van der Waals surface area contributed by atoms with Crippen molar-refractivity contribution in [1.82, 2.24) is 0 Å². The molecule has 72 heavy (non-hydrogen) atoms. The highest BCUT2D eigenvalue weighted by Gasteiger charge is 2.28. The monoisotopic (exact) mass is 1020 g/mol. The van der Waals surface area contributed by atoms with Crippen molar-refractivity contribution in [3.8, 4) is 0 Å². The number of hydrogen-bond acceptors (Lipinski definition) is 10. The third-order valence-corrected chi connectivity index (χ3v) is 10.9. The number of unbranched alkanes of at least 4 members (excludes halogenated alkanes) is 5. The highest BCUT2D eigenvalue weighted by molar-refractivity contribution is 7.47. The van der Waals surface area contributed by atoms with Gasteiger partial charge >= 0.3 is 25.7 Å². The van der Waals surface area contributed by atoms with E-state index in [1.54, 1.807) is 12.2 Å². The summed E-state index contributed by atoms with van der Waals surface area (Å²) in [7, 11) is -4.80. The van der Waals surface area contributed by atoms with Gasteiger partial charge in [-0.15, -0.1) is 0 Å². The SMILES string of the molecule is CC/C=C\C/C=C\C/C=C\C/C=C\C/C=C\CC(=O)OCC(COP(=O)(O)OCC(CO)OC(=O)CCCCCCC/C=C\C/C=C\C/C=C\CC)OC(=O)C/C=C\C/C=C\C/C=C\C/C=C\C/C=C\CC. The lowest BCUT2D eigenvalue weighted by atomic mass is 10.1. The number of carbonyl (C=O) groups excluding carboxylic acids is 3. The van der Waals surface area contributed by atoms with E-state index in [4.69, 9.17) is 23.3 Å². The van der Waals surface area contributed by atoms with E-state index in [9.17, 15) is 28.9 Å². The first-order chi connectivity index (χ1) is 35.2. The molecule has 0 saturated carbocycles. The molecule has 0 amide bonds. The van der Waals surface area contributed by atoms with Gasteiger partial charge in [-0.05, 0) is 103 Å². The van der Waals surface area contributed by atoms with Gasteiger partial charge in [0.15, 0.2) is 6.10 Å². The Morgan fingerprint density at radius 1 is 0.403 bits per heavy atom. The molecule has 0 aromatic carbocycles. The molecule has 0 spiro atoms. The number of aliphatic hydroxyl groups excluding tert-OH is 1. The van der Waals surface area contributed by atoms with Gasteiger partial charge in [0.2, 0.25) is 0 Å². The van der Waals surface area contributed by atoms with E-state index in [-0.39, 0.29) is 19.3 Å². The molecule has 0 aliphatic rings. The van der Waals surface area contributed by atoms with Gasteiger partial charge in [0.05, 0.1) is 32.7 Å². The number of phosphoric ester groups is 1. The van der Waals surface area contributed by atoms with Crippen molar-refractivity contribution < 1.29 is 52.2 Å². The summed E-state index contributed by atoms with van der Waals surface area (Å²) < 4.78 is 39.1. The molecule has 0 saturated heterocycles. The van der Waals surface area contributed by atoms with Crippen LogP contribution in [0, 0.1) is 0 Å². The van der Waals surface area contributed by atoms with Crippen LogP contribution >= 0.6 is 7.82 Å². The van der Waals surface area contributed by atoms with Crippen LogP contribution in [0.15, 0.2) is 158 Å². The Morgan fingerprint density at radius 2 is 0.736 bits per heavy atom. The van der Waals surface area contributed by atoms with Crippen LogP contribution in [0.2, 0.25) is 0 Å². The molecular formula is C60H91O11P. The Kier molecular flexibility index (Phi) is 48.9. The van der Waals surface area contributed by atoms with E-state index in [1.165, 1.54) is 0 Å². The minimum atomic E-state index is -4.80. The van der Waals surface area contributed by atoms with Crippen LogP contribution in [0.1, 0.15) is 162 Å². The summed E-state index contributed by atoms with van der Waals surface area (Å²) in [4.78, 5) is 48.3. The number of carbonyl (C=O) groups is 3. The maximum absolute atomic E-state index is 12.9. The van der Waals surface area contributed by atoms with Gasteiger partial charge in [-0.2, -0.15) is 0 Å². The fraction of sp³-hybridized carbons (Fsp3) is 0.517. The fourth-order valence-electron chi connectivity index (χ4n) is 6.10. The summed E-state index contributed by atoms with van der Waals surface area (Å²) in [6.07, 6.45) is 68.4. The Hall–Kier alpha value is -4.90. The molecule has 0 fully saturated rings. The van der Waals surface area contributed by atoms with Crippen molar-refractivity contribution in [2.75, 3.05) is 26.4 Å². The van der Waals surface area contributed by atoms with Crippen LogP contribution in [-0.4, -0.2) is 66.5 Å². The van der Waals surface area contributed by atoms with Crippen molar-refractivity contribution in [1.29, 1.82) is 0 Å². The molecule has 11 nitrogen and oxygen atoms in total. The Morgan fingerprint density at radius 3 is 1.15 bits per heavy atom. The number of ether oxygens (including phenoxy) is 3. The van der Waals surface area contributed by atoms with E-state index in [1.807, 2.05) is 36.5 Å². The molecule has 3 atom stereocenters. The normalized spacial score (nSPS) is 14.7. The third kappa shape index (κ3) is 50.1. The molecule has 2 N–H and O–H groups in total. The van der Waals surface area contributed by atoms with Crippen LogP contribution in [0.25, 0.3) is 0 Å². The lowest BCUT2D eigenvalue weighted by molar-refractivity contribution is -0.160. The third-order valence-electron chi connectivity index (χ3n) is 9.99. The maximum Gasteiger partial charge on any atom is 0.472 e. The molecule has 3 unspecified atom stereocenters. The predicted molar refractivity (Wildman–Crippen MR) is 297 cm³/mol. The van der Waals surface area contributed by atoms with E-state index in [2.05, 4.69) is 130 Å². The highest BCUT2D eigenvalue weighted by Crippen LogP contribution is 2.43. The first kappa shape index (κ1) is 67.1. The number of aliphatic hydroxyl groups is 1. The second-order valence-electron chi connectivity index (χ2n) is 16.6. The van der Waals surface area contributed by atoms with Crippen molar-refractivity contribution in [3.05, 3.63) is 158 Å². The summed E-state index contributed by atoms with van der Waals surface area (Å²) in [6, 6.07) is 0. The first-order valence-corrected chi connectivity index (χ1v) is 27.9. The zero-order valence-corrected chi connectivity index (χ0v) is 45.0. The van der Waals surface area contributed by atoms with E-state index < -0.39 is 64.4 Å². The van der Waals surface area contributed by atoms with Gasteiger partial charge in [-0.3, -0.25) is 23.4 Å². The fourth-order valence-corrected chi connectivity index (χ4v) is 6.89. The first-order valence-electron chi connectivity index (χ1n) is 26.4. The Labute approximate surface area is 434 Å². The summed E-state index contributed by atoms with van der Waals surface area (Å²) >= 11 is 0. The molecule has 0 heterocycles. The van der Waals surface area contributed by atoms with Gasteiger partial charge in [0, 0.05) is 6.42 Å². The molecule has 0 bridgehead atoms. The Bertz CT molecular complexity index is 1810. The van der Waals surface area contributed by atoms with Crippen LogP contribution in [-0.2, 0) is 42.2 Å². The molecular weight excluding hydrogens is 928 g/mol. The molecule has 0 aromatic heterocycles. The topological polar surface area (TPSA) is 155 Å². The summed E-state index contributed by atoms with van der Waals surface area (Å²) in [5.74, 6) is -1.81. The molecule has 12 heteroatoms. The predicted octanol–water partition coefficient (Wildman–Crippen LogP) is 15.4. The van der Waals surface area contributed by atoms with Gasteiger partial charge < -0.3 is 24.2 Å². The van der Waals surface area contributed by atoms with E-state index in [0.717, 1.165) is 103 Å². The number of phosphoric acid groups is 1. The number of hydrogen-bond donors (Lipinski definition) is 2. The van der Waals surface area contributed by atoms with Crippen molar-refractivity contribution in [3.63, 3.8) is 0 Å². The lowest BCUT2D eigenvalue weighted by Crippen LogP contribution is -2.30. The van der Waals surface area contributed by atoms with Gasteiger partial charge in [-0.1, -0.05) is 198 Å². The van der Waals surface area contributed by atoms with Crippen LogP contribution in [0.3, 0.4) is 0 Å². The summed E-state index contributed by atoms with van der Waals surface area (Å²) in [6.45, 7) is 4.01. The quantitative estimate of drug-likeness (QED) is 0.0197. The average Bonchev–Trinajstić information content (AvgIpc) is 3.37. The minimum absolute atomic E-state index is 0.0355. The Balaban J connectivity index is 4.99. The number of esters is 3.